The zero-order valence-electron chi connectivity index (χ0n) is 14.0. The summed E-state index contributed by atoms with van der Waals surface area (Å²) in [5, 5.41) is 10.0. The number of fused-ring (bicyclic) bond motifs is 1. The summed E-state index contributed by atoms with van der Waals surface area (Å²) in [5.74, 6) is 0.307. The molecular weight excluding hydrogens is 391 g/mol. The smallest absolute Gasteiger partial charge is 0.277 e. The van der Waals surface area contributed by atoms with E-state index in [1.54, 1.807) is 25.3 Å². The second kappa shape index (κ2) is 7.49. The van der Waals surface area contributed by atoms with Crippen molar-refractivity contribution in [1.29, 1.82) is 0 Å². The summed E-state index contributed by atoms with van der Waals surface area (Å²) in [4.78, 5) is 17.0. The van der Waals surface area contributed by atoms with Crippen LogP contribution in [0.5, 0.6) is 5.75 Å². The minimum atomic E-state index is -0.603. The van der Waals surface area contributed by atoms with Crippen molar-refractivity contribution >= 4 is 28.1 Å². The van der Waals surface area contributed by atoms with Gasteiger partial charge in [-0.2, -0.15) is 0 Å². The van der Waals surface area contributed by atoms with E-state index < -0.39 is 11.9 Å². The molecule has 0 radical (unpaired) electrons. The van der Waals surface area contributed by atoms with Gasteiger partial charge in [-0.25, -0.2) is 9.37 Å². The van der Waals surface area contributed by atoms with Crippen molar-refractivity contribution in [1.82, 2.24) is 19.6 Å². The van der Waals surface area contributed by atoms with Gasteiger partial charge in [0.2, 0.25) is 0 Å². The van der Waals surface area contributed by atoms with Crippen molar-refractivity contribution in [2.24, 2.45) is 0 Å². The Morgan fingerprint density at radius 3 is 3.07 bits per heavy atom. The van der Waals surface area contributed by atoms with Gasteiger partial charge >= 0.3 is 0 Å². The molecule has 0 N–H and O–H groups in total. The molecule has 0 bridgehead atoms. The van der Waals surface area contributed by atoms with Crippen LogP contribution in [0.2, 0.25) is 0 Å². The number of nitrogens with zero attached hydrogens (tertiary/aromatic N) is 4. The summed E-state index contributed by atoms with van der Waals surface area (Å²) < 4.78 is 26.3. The van der Waals surface area contributed by atoms with Gasteiger partial charge in [0.1, 0.15) is 0 Å². The largest absolute Gasteiger partial charge is 0.478 e. The standard InChI is InChI=1S/C17H13FN4O3S2/c1-10(24-13-5-3-2-4-12(13)18)15-20-21-17(25-15)27-9-11-8-14(23)22-6-7-26-16(22)19-11/h2-8,10H,9H2,1H3/t10-/m0/s1. The zero-order valence-corrected chi connectivity index (χ0v) is 15.7. The third kappa shape index (κ3) is 3.86. The molecule has 0 spiro atoms. The number of thioether (sulfide) groups is 1. The maximum absolute atomic E-state index is 13.7. The molecule has 0 unspecified atom stereocenters. The molecule has 3 aromatic heterocycles. The Balaban J connectivity index is 1.43. The van der Waals surface area contributed by atoms with E-state index >= 15 is 0 Å². The molecule has 1 atom stereocenters. The predicted molar refractivity (Wildman–Crippen MR) is 98.6 cm³/mol. The van der Waals surface area contributed by atoms with E-state index in [0.717, 1.165) is 0 Å². The highest BCUT2D eigenvalue weighted by molar-refractivity contribution is 7.98. The minimum absolute atomic E-state index is 0.117. The number of ether oxygens (including phenoxy) is 1. The van der Waals surface area contributed by atoms with Crippen LogP contribution in [0, 0.1) is 5.82 Å². The predicted octanol–water partition coefficient (Wildman–Crippen LogP) is 3.71. The normalized spacial score (nSPS) is 12.4. The number of aromatic nitrogens is 4. The Labute approximate surface area is 160 Å². The molecular formula is C17H13FN4O3S2. The summed E-state index contributed by atoms with van der Waals surface area (Å²) in [6.07, 6.45) is 1.09. The second-order valence-electron chi connectivity index (χ2n) is 5.53. The number of benzene rings is 1. The van der Waals surface area contributed by atoms with Crippen LogP contribution < -0.4 is 10.3 Å². The first-order chi connectivity index (χ1) is 13.1. The van der Waals surface area contributed by atoms with Crippen molar-refractivity contribution in [3.63, 3.8) is 0 Å². The maximum atomic E-state index is 13.7. The van der Waals surface area contributed by atoms with Crippen LogP contribution >= 0.6 is 23.1 Å². The van der Waals surface area contributed by atoms with E-state index in [2.05, 4.69) is 15.2 Å². The van der Waals surface area contributed by atoms with E-state index in [1.165, 1.54) is 45.7 Å². The van der Waals surface area contributed by atoms with Crippen molar-refractivity contribution in [3.8, 4) is 5.75 Å². The van der Waals surface area contributed by atoms with Crippen molar-refractivity contribution in [2.75, 3.05) is 0 Å². The lowest BCUT2D eigenvalue weighted by atomic mass is 10.3. The molecule has 7 nitrogen and oxygen atoms in total. The van der Waals surface area contributed by atoms with Crippen LogP contribution in [-0.2, 0) is 5.75 Å². The molecule has 0 aliphatic carbocycles. The third-order valence-electron chi connectivity index (χ3n) is 3.61. The van der Waals surface area contributed by atoms with Gasteiger partial charge in [-0.15, -0.1) is 21.5 Å². The Morgan fingerprint density at radius 1 is 1.37 bits per heavy atom. The molecule has 0 aliphatic heterocycles. The Hall–Kier alpha value is -2.72. The van der Waals surface area contributed by atoms with Gasteiger partial charge in [0.15, 0.2) is 22.6 Å². The molecule has 0 fully saturated rings. The summed E-state index contributed by atoms with van der Waals surface area (Å²) in [7, 11) is 0. The number of halogens is 1. The van der Waals surface area contributed by atoms with E-state index in [-0.39, 0.29) is 17.2 Å². The van der Waals surface area contributed by atoms with Gasteiger partial charge in [-0.05, 0) is 19.1 Å². The number of rotatable bonds is 6. The monoisotopic (exact) mass is 404 g/mol. The second-order valence-corrected chi connectivity index (χ2v) is 7.33. The van der Waals surface area contributed by atoms with Crippen molar-refractivity contribution < 1.29 is 13.5 Å². The SMILES string of the molecule is C[C@H](Oc1ccccc1F)c1nnc(SCc2cc(=O)n3ccsc3n2)o1. The lowest BCUT2D eigenvalue weighted by Gasteiger charge is -2.11. The third-order valence-corrected chi connectivity index (χ3v) is 5.22. The van der Waals surface area contributed by atoms with Gasteiger partial charge in [0, 0.05) is 23.4 Å². The zero-order chi connectivity index (χ0) is 18.8. The van der Waals surface area contributed by atoms with Crippen molar-refractivity contribution in [2.45, 2.75) is 24.0 Å². The average molecular weight is 404 g/mol. The lowest BCUT2D eigenvalue weighted by Crippen LogP contribution is -2.12. The van der Waals surface area contributed by atoms with Gasteiger partial charge < -0.3 is 9.15 Å². The Bertz CT molecular complexity index is 1140. The first-order valence-corrected chi connectivity index (χ1v) is 9.80. The fraction of sp³-hybridized carbons (Fsp3) is 0.176. The summed E-state index contributed by atoms with van der Waals surface area (Å²) >= 11 is 2.66. The van der Waals surface area contributed by atoms with Gasteiger partial charge in [-0.1, -0.05) is 23.9 Å². The molecule has 4 rings (SSSR count). The first-order valence-electron chi connectivity index (χ1n) is 7.93. The van der Waals surface area contributed by atoms with Crippen LogP contribution in [0.25, 0.3) is 4.96 Å². The molecule has 0 amide bonds. The molecule has 0 saturated heterocycles. The molecule has 27 heavy (non-hydrogen) atoms. The average Bonchev–Trinajstić information content (AvgIpc) is 3.31. The summed E-state index contributed by atoms with van der Waals surface area (Å²) in [6, 6.07) is 7.59. The number of thiazole rings is 1. The van der Waals surface area contributed by atoms with E-state index in [4.69, 9.17) is 9.15 Å². The molecule has 10 heteroatoms. The molecule has 4 aromatic rings. The van der Waals surface area contributed by atoms with E-state index in [1.807, 2.05) is 5.38 Å². The van der Waals surface area contributed by atoms with Gasteiger partial charge in [0.25, 0.3) is 16.7 Å². The van der Waals surface area contributed by atoms with E-state index in [0.29, 0.717) is 21.6 Å². The van der Waals surface area contributed by atoms with E-state index in [9.17, 15) is 9.18 Å². The molecule has 0 aliphatic rings. The fourth-order valence-corrected chi connectivity index (χ4v) is 3.72. The van der Waals surface area contributed by atoms with Gasteiger partial charge in [0.05, 0.1) is 5.69 Å². The molecule has 138 valence electrons. The highest BCUT2D eigenvalue weighted by atomic mass is 32.2. The lowest BCUT2D eigenvalue weighted by molar-refractivity contribution is 0.174. The Kier molecular flexibility index (Phi) is 4.90. The van der Waals surface area contributed by atoms with Crippen molar-refractivity contribution in [3.05, 3.63) is 69.7 Å². The van der Waals surface area contributed by atoms with Crippen LogP contribution in [0.15, 0.2) is 56.3 Å². The van der Waals surface area contributed by atoms with Gasteiger partial charge in [-0.3, -0.25) is 9.20 Å². The van der Waals surface area contributed by atoms with Crippen LogP contribution in [0.4, 0.5) is 4.39 Å². The molecule has 0 saturated carbocycles. The van der Waals surface area contributed by atoms with Crippen LogP contribution in [-0.4, -0.2) is 19.6 Å². The highest BCUT2D eigenvalue weighted by Crippen LogP contribution is 2.26. The maximum Gasteiger partial charge on any atom is 0.277 e. The highest BCUT2D eigenvalue weighted by Gasteiger charge is 2.18. The number of hydrogen-bond donors (Lipinski definition) is 0. The molecule has 1 aromatic carbocycles. The summed E-state index contributed by atoms with van der Waals surface area (Å²) in [6.45, 7) is 1.70. The summed E-state index contributed by atoms with van der Waals surface area (Å²) in [5.41, 5.74) is 0.498. The van der Waals surface area contributed by atoms with Crippen LogP contribution in [0.1, 0.15) is 24.6 Å². The quantitative estimate of drug-likeness (QED) is 0.453. The van der Waals surface area contributed by atoms with Crippen LogP contribution in [0.3, 0.4) is 0 Å². The number of para-hydroxylation sites is 1. The fourth-order valence-electron chi connectivity index (χ4n) is 2.32. The first kappa shape index (κ1) is 17.7. The number of hydrogen-bond acceptors (Lipinski definition) is 8. The molecule has 3 heterocycles. The Morgan fingerprint density at radius 2 is 2.22 bits per heavy atom. The topological polar surface area (TPSA) is 82.5 Å². The minimum Gasteiger partial charge on any atom is -0.478 e.